The van der Waals surface area contributed by atoms with E-state index in [1.165, 1.54) is 0 Å². The maximum absolute atomic E-state index is 10.2. The fraction of sp³-hybridized carbons (Fsp3) is 0.818. The van der Waals surface area contributed by atoms with E-state index in [1.54, 1.807) is 0 Å². The van der Waals surface area contributed by atoms with Gasteiger partial charge in [-0.25, -0.2) is 0 Å². The van der Waals surface area contributed by atoms with Crippen LogP contribution in [0, 0.1) is 5.41 Å². The number of hydrogen-bond donors (Lipinski definition) is 6. The topological polar surface area (TPSA) is 145 Å². The van der Waals surface area contributed by atoms with Gasteiger partial charge >= 0.3 is 5.97 Å². The maximum atomic E-state index is 10.2. The van der Waals surface area contributed by atoms with E-state index in [2.05, 4.69) is 26.5 Å². The molecular formula is C11H28N5O3+. The minimum absolute atomic E-state index is 0.112. The molecule has 0 aromatic carbocycles. The molecule has 19 heavy (non-hydrogen) atoms. The van der Waals surface area contributed by atoms with Crippen molar-refractivity contribution in [2.45, 2.75) is 18.9 Å². The summed E-state index contributed by atoms with van der Waals surface area (Å²) >= 11 is 0. The summed E-state index contributed by atoms with van der Waals surface area (Å²) in [6, 6.07) is -0.821. The molecule has 0 spiro atoms. The fourth-order valence-electron chi connectivity index (χ4n) is 0.969. The lowest BCUT2D eigenvalue weighted by molar-refractivity contribution is -0.870. The lowest BCUT2D eigenvalue weighted by Crippen LogP contribution is -2.36. The number of nitrogens with two attached hydrogens (primary N) is 2. The Morgan fingerprint density at radius 1 is 1.42 bits per heavy atom. The number of quaternary nitrogens is 1. The van der Waals surface area contributed by atoms with E-state index in [9.17, 15) is 4.79 Å². The molecule has 0 aliphatic carbocycles. The van der Waals surface area contributed by atoms with Crippen molar-refractivity contribution in [1.29, 1.82) is 5.41 Å². The van der Waals surface area contributed by atoms with Gasteiger partial charge in [0.15, 0.2) is 5.96 Å². The zero-order chi connectivity index (χ0) is 15.5. The van der Waals surface area contributed by atoms with Gasteiger partial charge in [-0.05, 0) is 12.8 Å². The first-order valence-electron chi connectivity index (χ1n) is 6.07. The normalized spacial score (nSPS) is 12.1. The second-order valence-corrected chi connectivity index (χ2v) is 5.16. The predicted molar refractivity (Wildman–Crippen MR) is 74.7 cm³/mol. The molecule has 114 valence electrons. The van der Waals surface area contributed by atoms with Crippen LogP contribution < -0.4 is 16.8 Å². The molecule has 0 aliphatic heterocycles. The summed E-state index contributed by atoms with van der Waals surface area (Å²) in [5.74, 6) is -1.11. The van der Waals surface area contributed by atoms with E-state index in [1.807, 2.05) is 0 Å². The predicted octanol–water partition coefficient (Wildman–Crippen LogP) is -1.65. The van der Waals surface area contributed by atoms with Gasteiger partial charge in [-0.1, -0.05) is 0 Å². The number of carboxylic acids is 1. The van der Waals surface area contributed by atoms with Gasteiger partial charge in [-0.2, -0.15) is 0 Å². The van der Waals surface area contributed by atoms with Crippen LogP contribution in [0.1, 0.15) is 12.8 Å². The largest absolute Gasteiger partial charge is 0.480 e. The molecule has 8 N–H and O–H groups in total. The Labute approximate surface area is 114 Å². The van der Waals surface area contributed by atoms with Gasteiger partial charge in [-0.15, -0.1) is 0 Å². The molecule has 1 unspecified atom stereocenters. The van der Waals surface area contributed by atoms with Crippen molar-refractivity contribution in [2.24, 2.45) is 11.5 Å². The van der Waals surface area contributed by atoms with Crippen LogP contribution in [0.3, 0.4) is 0 Å². The Kier molecular flexibility index (Phi) is 11.1. The molecule has 0 heterocycles. The highest BCUT2D eigenvalue weighted by Crippen LogP contribution is 1.92. The third-order valence-corrected chi connectivity index (χ3v) is 2.10. The van der Waals surface area contributed by atoms with E-state index in [-0.39, 0.29) is 12.6 Å². The molecule has 8 heteroatoms. The van der Waals surface area contributed by atoms with Crippen molar-refractivity contribution >= 4 is 11.9 Å². The maximum Gasteiger partial charge on any atom is 0.320 e. The first-order chi connectivity index (χ1) is 8.60. The minimum Gasteiger partial charge on any atom is -0.480 e. The second-order valence-electron chi connectivity index (χ2n) is 5.16. The van der Waals surface area contributed by atoms with Crippen molar-refractivity contribution in [3.63, 3.8) is 0 Å². The number of guanidine groups is 1. The van der Waals surface area contributed by atoms with Gasteiger partial charge in [0.05, 0.1) is 27.7 Å². The quantitative estimate of drug-likeness (QED) is 0.142. The lowest BCUT2D eigenvalue weighted by atomic mass is 10.2. The number of aliphatic hydroxyl groups excluding tert-OH is 1. The van der Waals surface area contributed by atoms with Crippen LogP contribution >= 0.6 is 0 Å². The highest BCUT2D eigenvalue weighted by molar-refractivity contribution is 5.74. The monoisotopic (exact) mass is 278 g/mol. The number of rotatable bonds is 7. The average molecular weight is 278 g/mol. The third-order valence-electron chi connectivity index (χ3n) is 2.10. The number of hydrogen-bond acceptors (Lipinski definition) is 4. The van der Waals surface area contributed by atoms with Crippen molar-refractivity contribution in [2.75, 3.05) is 40.8 Å². The number of carboxylic acid groups (broad SMARTS) is 1. The Bertz CT molecular complexity index is 266. The summed E-state index contributed by atoms with van der Waals surface area (Å²) in [5.41, 5.74) is 10.2. The zero-order valence-electron chi connectivity index (χ0n) is 12.0. The Hall–Kier alpha value is -1.38. The molecular weight excluding hydrogens is 250 g/mol. The van der Waals surface area contributed by atoms with Crippen LogP contribution in [0.2, 0.25) is 0 Å². The minimum atomic E-state index is -1.00. The van der Waals surface area contributed by atoms with E-state index >= 15 is 0 Å². The third kappa shape index (κ3) is 19.2. The van der Waals surface area contributed by atoms with Crippen LogP contribution in [0.4, 0.5) is 0 Å². The van der Waals surface area contributed by atoms with Crippen molar-refractivity contribution < 1.29 is 19.5 Å². The van der Waals surface area contributed by atoms with Crippen LogP contribution in [0.25, 0.3) is 0 Å². The molecule has 0 saturated heterocycles. The van der Waals surface area contributed by atoms with Crippen molar-refractivity contribution in [1.82, 2.24) is 5.32 Å². The summed E-state index contributed by atoms with van der Waals surface area (Å²) in [7, 11) is 6.16. The molecule has 1 atom stereocenters. The van der Waals surface area contributed by atoms with Gasteiger partial charge < -0.3 is 31.5 Å². The Balaban J connectivity index is 0. The number of aliphatic hydroxyl groups is 1. The molecule has 0 aromatic rings. The number of nitrogens with zero attached hydrogens (tertiary/aromatic N) is 1. The van der Waals surface area contributed by atoms with Gasteiger partial charge in [0.1, 0.15) is 12.6 Å². The van der Waals surface area contributed by atoms with Crippen LogP contribution in [0.15, 0.2) is 0 Å². The van der Waals surface area contributed by atoms with E-state index in [4.69, 9.17) is 27.1 Å². The molecule has 0 rings (SSSR count). The summed E-state index contributed by atoms with van der Waals surface area (Å²) < 4.78 is 0.844. The summed E-state index contributed by atoms with van der Waals surface area (Å²) in [6.45, 7) is 1.60. The second kappa shape index (κ2) is 10.5. The molecule has 8 nitrogen and oxygen atoms in total. The first-order valence-corrected chi connectivity index (χ1v) is 6.07. The number of carbonyl (C=O) groups is 1. The molecule has 0 saturated carbocycles. The first kappa shape index (κ1) is 19.9. The highest BCUT2D eigenvalue weighted by Gasteiger charge is 2.09. The molecule has 0 radical (unpaired) electrons. The number of nitrogens with one attached hydrogen (secondary N) is 2. The van der Waals surface area contributed by atoms with Crippen LogP contribution in [-0.4, -0.2) is 73.5 Å². The van der Waals surface area contributed by atoms with Gasteiger partial charge in [-0.3, -0.25) is 10.2 Å². The molecule has 0 bridgehead atoms. The molecule has 0 fully saturated rings. The standard InChI is InChI=1S/C6H14N4O2.C5H14NO/c7-4(5(11)12)2-1-3-10-6(8)9;1-6(2,3)4-5-7/h4H,1-3,7H2,(H,11,12)(H4,8,9,10);7H,4-5H2,1-3H3/q;+1. The van der Waals surface area contributed by atoms with Crippen molar-refractivity contribution in [3.05, 3.63) is 0 Å². The van der Waals surface area contributed by atoms with Crippen LogP contribution in [-0.2, 0) is 4.79 Å². The summed E-state index contributed by atoms with van der Waals surface area (Å²) in [6.07, 6.45) is 0.975. The van der Waals surface area contributed by atoms with Gasteiger partial charge in [0.25, 0.3) is 0 Å². The Morgan fingerprint density at radius 2 is 1.95 bits per heavy atom. The molecule has 0 amide bonds. The molecule has 0 aromatic heterocycles. The fourth-order valence-corrected chi connectivity index (χ4v) is 0.969. The lowest BCUT2D eigenvalue weighted by Gasteiger charge is -2.21. The SMILES string of the molecule is C[N+](C)(C)CCO.N=C(N)NCCCC(N)C(=O)O. The summed E-state index contributed by atoms with van der Waals surface area (Å²) in [5, 5.41) is 26.1. The van der Waals surface area contributed by atoms with E-state index in [0.717, 1.165) is 11.0 Å². The van der Waals surface area contributed by atoms with E-state index in [0.29, 0.717) is 19.4 Å². The Morgan fingerprint density at radius 3 is 2.21 bits per heavy atom. The number of aliphatic carboxylic acids is 1. The van der Waals surface area contributed by atoms with Crippen molar-refractivity contribution in [3.8, 4) is 0 Å². The zero-order valence-corrected chi connectivity index (χ0v) is 12.0. The highest BCUT2D eigenvalue weighted by atomic mass is 16.4. The smallest absolute Gasteiger partial charge is 0.320 e. The summed E-state index contributed by atoms with van der Waals surface area (Å²) in [4.78, 5) is 10.2. The van der Waals surface area contributed by atoms with Gasteiger partial charge in [0.2, 0.25) is 0 Å². The average Bonchev–Trinajstić information content (AvgIpc) is 2.22. The van der Waals surface area contributed by atoms with E-state index < -0.39 is 12.0 Å². The van der Waals surface area contributed by atoms with Gasteiger partial charge in [0, 0.05) is 6.54 Å². The molecule has 0 aliphatic rings. The van der Waals surface area contributed by atoms with Crippen LogP contribution in [0.5, 0.6) is 0 Å². The number of likely N-dealkylation sites (N-methyl/N-ethyl adjacent to an activating group) is 1.